The van der Waals surface area contributed by atoms with Crippen LogP contribution in [0, 0.1) is 5.92 Å². The standard InChI is InChI=1S/C28H44N2O3S/c1-5-8-10-22(6-2)23-11-13-24(14-12-23)28(32)29-16-15-25-26(30-25)19-21(4)20-27(31)33-17-9-18-34-7-3/h6,8,10-14,21,25-27,30-31H,5,7,9,15-20H2,1-4H3,(H,29,32)/b10-8-,22-6+. The predicted molar refractivity (Wildman–Crippen MR) is 145 cm³/mol. The van der Waals surface area contributed by atoms with E-state index in [4.69, 9.17) is 4.74 Å². The molecule has 1 aliphatic rings. The monoisotopic (exact) mass is 488 g/mol. The number of carbonyl (C=O) groups excluding carboxylic acids is 1. The number of amides is 1. The van der Waals surface area contributed by atoms with E-state index in [1.54, 1.807) is 0 Å². The minimum atomic E-state index is -0.670. The number of allylic oxidation sites excluding steroid dienone is 4. The summed E-state index contributed by atoms with van der Waals surface area (Å²) in [4.78, 5) is 12.5. The predicted octanol–water partition coefficient (Wildman–Crippen LogP) is 5.41. The van der Waals surface area contributed by atoms with E-state index in [1.165, 1.54) is 5.57 Å². The number of rotatable bonds is 17. The number of carbonyl (C=O) groups is 1. The van der Waals surface area contributed by atoms with E-state index < -0.39 is 6.29 Å². The Labute approximate surface area is 210 Å². The molecule has 0 aliphatic carbocycles. The normalized spacial score (nSPS) is 19.9. The average Bonchev–Trinajstić information content (AvgIpc) is 3.56. The fraction of sp³-hybridized carbons (Fsp3) is 0.607. The lowest BCUT2D eigenvalue weighted by atomic mass is 9.99. The lowest BCUT2D eigenvalue weighted by Gasteiger charge is -2.16. The molecule has 1 aliphatic heterocycles. The minimum Gasteiger partial charge on any atom is -0.368 e. The largest absolute Gasteiger partial charge is 0.368 e. The molecule has 1 aromatic carbocycles. The highest BCUT2D eigenvalue weighted by molar-refractivity contribution is 7.99. The Morgan fingerprint density at radius 1 is 1.24 bits per heavy atom. The van der Waals surface area contributed by atoms with Gasteiger partial charge < -0.3 is 20.5 Å². The van der Waals surface area contributed by atoms with Crippen molar-refractivity contribution in [2.45, 2.75) is 78.2 Å². The second-order valence-electron chi connectivity index (χ2n) is 9.01. The van der Waals surface area contributed by atoms with E-state index in [1.807, 2.05) is 43.0 Å². The zero-order valence-electron chi connectivity index (χ0n) is 21.4. The molecule has 34 heavy (non-hydrogen) atoms. The summed E-state index contributed by atoms with van der Waals surface area (Å²) in [6.45, 7) is 9.75. The quantitative estimate of drug-likeness (QED) is 0.118. The van der Waals surface area contributed by atoms with Crippen LogP contribution < -0.4 is 10.6 Å². The van der Waals surface area contributed by atoms with E-state index in [0.29, 0.717) is 43.1 Å². The van der Waals surface area contributed by atoms with Crippen LogP contribution in [0.25, 0.3) is 5.57 Å². The summed E-state index contributed by atoms with van der Waals surface area (Å²) in [5, 5.41) is 16.6. The van der Waals surface area contributed by atoms with Gasteiger partial charge in [-0.25, -0.2) is 0 Å². The van der Waals surface area contributed by atoms with Crippen LogP contribution in [0.1, 0.15) is 75.7 Å². The first-order valence-corrected chi connectivity index (χ1v) is 14.0. The van der Waals surface area contributed by atoms with Crippen molar-refractivity contribution >= 4 is 23.2 Å². The third kappa shape index (κ3) is 10.8. The van der Waals surface area contributed by atoms with Gasteiger partial charge in [0.15, 0.2) is 6.29 Å². The van der Waals surface area contributed by atoms with Gasteiger partial charge in [0.2, 0.25) is 0 Å². The van der Waals surface area contributed by atoms with Gasteiger partial charge in [0, 0.05) is 30.6 Å². The number of nitrogens with one attached hydrogen (secondary N) is 2. The zero-order valence-corrected chi connectivity index (χ0v) is 22.2. The molecular weight excluding hydrogens is 444 g/mol. The van der Waals surface area contributed by atoms with Gasteiger partial charge >= 0.3 is 0 Å². The molecule has 5 nitrogen and oxygen atoms in total. The molecule has 0 bridgehead atoms. The molecule has 3 N–H and O–H groups in total. The number of benzene rings is 1. The summed E-state index contributed by atoms with van der Waals surface area (Å²) in [5.41, 5.74) is 2.97. The summed E-state index contributed by atoms with van der Waals surface area (Å²) >= 11 is 1.90. The highest BCUT2D eigenvalue weighted by Crippen LogP contribution is 2.25. The molecule has 1 fully saturated rings. The Bertz CT molecular complexity index is 778. The highest BCUT2D eigenvalue weighted by Gasteiger charge is 2.36. The molecule has 0 saturated carbocycles. The molecule has 0 radical (unpaired) electrons. The van der Waals surface area contributed by atoms with E-state index in [2.05, 4.69) is 49.6 Å². The lowest BCUT2D eigenvalue weighted by Crippen LogP contribution is -2.25. The second kappa shape index (κ2) is 16.1. The van der Waals surface area contributed by atoms with Gasteiger partial charge in [-0.1, -0.05) is 51.1 Å². The van der Waals surface area contributed by atoms with Crippen LogP contribution in [-0.4, -0.2) is 54.0 Å². The number of hydrogen-bond acceptors (Lipinski definition) is 5. The zero-order chi connectivity index (χ0) is 24.8. The van der Waals surface area contributed by atoms with Gasteiger partial charge in [0.05, 0.1) is 6.61 Å². The van der Waals surface area contributed by atoms with Crippen LogP contribution in [0.4, 0.5) is 0 Å². The molecule has 4 unspecified atom stereocenters. The van der Waals surface area contributed by atoms with Crippen LogP contribution in [0.15, 0.2) is 42.5 Å². The Hall–Kier alpha value is -1.60. The second-order valence-corrected chi connectivity index (χ2v) is 10.4. The van der Waals surface area contributed by atoms with Gasteiger partial charge in [-0.05, 0) is 73.3 Å². The third-order valence-corrected chi connectivity index (χ3v) is 7.06. The molecule has 1 amide bonds. The fourth-order valence-corrected chi connectivity index (χ4v) is 4.67. The summed E-state index contributed by atoms with van der Waals surface area (Å²) < 4.78 is 5.53. The number of hydrogen-bond donors (Lipinski definition) is 3. The Kier molecular flexibility index (Phi) is 13.6. The van der Waals surface area contributed by atoms with Crippen molar-refractivity contribution in [1.82, 2.24) is 10.6 Å². The minimum absolute atomic E-state index is 0.0270. The van der Waals surface area contributed by atoms with Crippen molar-refractivity contribution in [3.63, 3.8) is 0 Å². The van der Waals surface area contributed by atoms with Crippen LogP contribution in [0.3, 0.4) is 0 Å². The summed E-state index contributed by atoms with van der Waals surface area (Å²) in [7, 11) is 0. The Balaban J connectivity index is 1.62. The molecule has 0 aromatic heterocycles. The molecule has 2 rings (SSSR count). The SMILES string of the molecule is C/C=C(\C=C/CC)c1ccc(C(=O)NCCC2NC2CC(C)CC(O)OCCCSCC)cc1. The van der Waals surface area contributed by atoms with E-state index in [0.717, 1.165) is 42.8 Å². The smallest absolute Gasteiger partial charge is 0.251 e. The Morgan fingerprint density at radius 2 is 1.97 bits per heavy atom. The van der Waals surface area contributed by atoms with Crippen LogP contribution >= 0.6 is 11.8 Å². The summed E-state index contributed by atoms with van der Waals surface area (Å²) in [6.07, 6.45) is 10.3. The van der Waals surface area contributed by atoms with Crippen molar-refractivity contribution in [1.29, 1.82) is 0 Å². The molecular formula is C28H44N2O3S. The van der Waals surface area contributed by atoms with Gasteiger partial charge in [-0.2, -0.15) is 11.8 Å². The van der Waals surface area contributed by atoms with Gasteiger partial charge in [0.1, 0.15) is 0 Å². The van der Waals surface area contributed by atoms with Crippen molar-refractivity contribution in [3.8, 4) is 0 Å². The first-order chi connectivity index (χ1) is 16.5. The number of aliphatic hydroxyl groups excluding tert-OH is 1. The Morgan fingerprint density at radius 3 is 2.65 bits per heavy atom. The van der Waals surface area contributed by atoms with Gasteiger partial charge in [0.25, 0.3) is 5.91 Å². The van der Waals surface area contributed by atoms with Crippen molar-refractivity contribution in [2.75, 3.05) is 24.7 Å². The van der Waals surface area contributed by atoms with Crippen LogP contribution in [0.5, 0.6) is 0 Å². The number of aliphatic hydroxyl groups is 1. The maximum absolute atomic E-state index is 12.5. The van der Waals surface area contributed by atoms with E-state index in [9.17, 15) is 9.90 Å². The molecule has 0 spiro atoms. The summed E-state index contributed by atoms with van der Waals surface area (Å²) in [6, 6.07) is 8.71. The van der Waals surface area contributed by atoms with Crippen molar-refractivity contribution in [2.24, 2.45) is 5.92 Å². The topological polar surface area (TPSA) is 80.5 Å². The van der Waals surface area contributed by atoms with Gasteiger partial charge in [-0.15, -0.1) is 0 Å². The maximum atomic E-state index is 12.5. The van der Waals surface area contributed by atoms with Gasteiger partial charge in [-0.3, -0.25) is 4.79 Å². The first kappa shape index (κ1) is 28.6. The number of ether oxygens (including phenoxy) is 1. The molecule has 6 heteroatoms. The van der Waals surface area contributed by atoms with Crippen LogP contribution in [0.2, 0.25) is 0 Å². The molecule has 1 saturated heterocycles. The third-order valence-electron chi connectivity index (χ3n) is 6.08. The number of thioether (sulfide) groups is 1. The molecule has 190 valence electrons. The molecule has 1 aromatic rings. The lowest BCUT2D eigenvalue weighted by molar-refractivity contribution is -0.110. The van der Waals surface area contributed by atoms with E-state index >= 15 is 0 Å². The first-order valence-electron chi connectivity index (χ1n) is 12.8. The average molecular weight is 489 g/mol. The molecule has 1 heterocycles. The fourth-order valence-electron chi connectivity index (χ4n) is 4.06. The van der Waals surface area contributed by atoms with E-state index in [-0.39, 0.29) is 5.91 Å². The van der Waals surface area contributed by atoms with Crippen molar-refractivity contribution in [3.05, 3.63) is 53.6 Å². The molecule has 4 atom stereocenters. The highest BCUT2D eigenvalue weighted by atomic mass is 32.2. The van der Waals surface area contributed by atoms with Crippen LogP contribution in [-0.2, 0) is 4.74 Å². The summed E-state index contributed by atoms with van der Waals surface area (Å²) in [5.74, 6) is 2.58. The maximum Gasteiger partial charge on any atom is 0.251 e. The van der Waals surface area contributed by atoms with Crippen molar-refractivity contribution < 1.29 is 14.6 Å².